The van der Waals surface area contributed by atoms with Gasteiger partial charge in [-0.3, -0.25) is 4.79 Å². The molecule has 0 fully saturated rings. The molecule has 0 radical (unpaired) electrons. The largest absolute Gasteiger partial charge is 0.480 e. The standard InChI is InChI=1S/C12H15NO2/c1-8-2-3-9-4-5-11(10(9)6-8)13-7-12(14)15/h2-3,6,11,13H,4-5,7H2,1H3,(H,14,15). The molecule has 0 saturated carbocycles. The van der Waals surface area contributed by atoms with Gasteiger partial charge in [0, 0.05) is 6.04 Å². The highest BCUT2D eigenvalue weighted by Crippen LogP contribution is 2.31. The number of hydrogen-bond donors (Lipinski definition) is 2. The van der Waals surface area contributed by atoms with E-state index in [0.717, 1.165) is 12.8 Å². The molecule has 15 heavy (non-hydrogen) atoms. The van der Waals surface area contributed by atoms with Crippen LogP contribution in [0.3, 0.4) is 0 Å². The average Bonchev–Trinajstić information content (AvgIpc) is 2.57. The summed E-state index contributed by atoms with van der Waals surface area (Å²) in [6.07, 6.45) is 2.05. The molecule has 3 nitrogen and oxygen atoms in total. The summed E-state index contributed by atoms with van der Waals surface area (Å²) in [4.78, 5) is 10.5. The number of nitrogens with one attached hydrogen (secondary N) is 1. The molecule has 80 valence electrons. The van der Waals surface area contributed by atoms with Crippen molar-refractivity contribution in [3.8, 4) is 0 Å². The lowest BCUT2D eigenvalue weighted by Gasteiger charge is -2.12. The first-order valence-electron chi connectivity index (χ1n) is 5.21. The van der Waals surface area contributed by atoms with Crippen LogP contribution in [0.4, 0.5) is 0 Å². The molecule has 2 N–H and O–H groups in total. The molecular formula is C12H15NO2. The summed E-state index contributed by atoms with van der Waals surface area (Å²) in [6, 6.07) is 6.63. The normalized spacial score (nSPS) is 18.9. The second-order valence-electron chi connectivity index (χ2n) is 4.07. The zero-order valence-electron chi connectivity index (χ0n) is 8.79. The highest BCUT2D eigenvalue weighted by molar-refractivity contribution is 5.69. The van der Waals surface area contributed by atoms with E-state index >= 15 is 0 Å². The Labute approximate surface area is 89.1 Å². The van der Waals surface area contributed by atoms with E-state index in [9.17, 15) is 4.79 Å². The summed E-state index contributed by atoms with van der Waals surface area (Å²) in [5.41, 5.74) is 3.86. The Hall–Kier alpha value is -1.35. The maximum absolute atomic E-state index is 10.5. The van der Waals surface area contributed by atoms with Crippen molar-refractivity contribution < 1.29 is 9.90 Å². The fraction of sp³-hybridized carbons (Fsp3) is 0.417. The predicted octanol–water partition coefficient (Wildman–Crippen LogP) is 1.66. The van der Waals surface area contributed by atoms with E-state index in [2.05, 4.69) is 30.4 Å². The van der Waals surface area contributed by atoms with Crippen LogP contribution in [0.15, 0.2) is 18.2 Å². The van der Waals surface area contributed by atoms with E-state index in [-0.39, 0.29) is 12.6 Å². The Bertz CT molecular complexity index is 387. The van der Waals surface area contributed by atoms with Gasteiger partial charge in [-0.1, -0.05) is 23.8 Å². The molecule has 0 saturated heterocycles. The lowest BCUT2D eigenvalue weighted by molar-refractivity contribution is -0.136. The topological polar surface area (TPSA) is 49.3 Å². The van der Waals surface area contributed by atoms with Crippen molar-refractivity contribution in [3.63, 3.8) is 0 Å². The minimum Gasteiger partial charge on any atom is -0.480 e. The third-order valence-electron chi connectivity index (χ3n) is 2.88. The summed E-state index contributed by atoms with van der Waals surface area (Å²) < 4.78 is 0. The Morgan fingerprint density at radius 3 is 3.13 bits per heavy atom. The first-order valence-corrected chi connectivity index (χ1v) is 5.21. The van der Waals surface area contributed by atoms with Crippen molar-refractivity contribution in [2.45, 2.75) is 25.8 Å². The zero-order valence-corrected chi connectivity index (χ0v) is 8.79. The minimum absolute atomic E-state index is 0.0397. The van der Waals surface area contributed by atoms with Crippen LogP contribution < -0.4 is 5.32 Å². The fourth-order valence-electron chi connectivity index (χ4n) is 2.14. The quantitative estimate of drug-likeness (QED) is 0.789. The Balaban J connectivity index is 2.13. The molecule has 1 atom stereocenters. The molecule has 0 aliphatic heterocycles. The van der Waals surface area contributed by atoms with Gasteiger partial charge in [-0.25, -0.2) is 0 Å². The molecule has 0 spiro atoms. The highest BCUT2D eigenvalue weighted by Gasteiger charge is 2.22. The van der Waals surface area contributed by atoms with Gasteiger partial charge in [0.25, 0.3) is 0 Å². The molecule has 1 aromatic carbocycles. The van der Waals surface area contributed by atoms with Crippen LogP contribution in [0.25, 0.3) is 0 Å². The number of aryl methyl sites for hydroxylation is 2. The van der Waals surface area contributed by atoms with E-state index in [4.69, 9.17) is 5.11 Å². The monoisotopic (exact) mass is 205 g/mol. The van der Waals surface area contributed by atoms with E-state index < -0.39 is 5.97 Å². The van der Waals surface area contributed by atoms with Gasteiger partial charge in [-0.15, -0.1) is 0 Å². The van der Waals surface area contributed by atoms with Gasteiger partial charge in [0.2, 0.25) is 0 Å². The SMILES string of the molecule is Cc1ccc2c(c1)C(NCC(=O)O)CC2. The van der Waals surface area contributed by atoms with Crippen molar-refractivity contribution in [1.82, 2.24) is 5.32 Å². The first kappa shape index (κ1) is 10.2. The number of carboxylic acids is 1. The average molecular weight is 205 g/mol. The smallest absolute Gasteiger partial charge is 0.317 e. The lowest BCUT2D eigenvalue weighted by atomic mass is 10.1. The molecule has 0 aromatic heterocycles. The number of carboxylic acid groups (broad SMARTS) is 1. The highest BCUT2D eigenvalue weighted by atomic mass is 16.4. The van der Waals surface area contributed by atoms with Gasteiger partial charge in [0.15, 0.2) is 0 Å². The number of carbonyl (C=O) groups is 1. The summed E-state index contributed by atoms with van der Waals surface area (Å²) in [6.45, 7) is 2.10. The third-order valence-corrected chi connectivity index (χ3v) is 2.88. The van der Waals surface area contributed by atoms with Crippen molar-refractivity contribution in [3.05, 3.63) is 34.9 Å². The van der Waals surface area contributed by atoms with Gasteiger partial charge >= 0.3 is 5.97 Å². The first-order chi connectivity index (χ1) is 7.16. The molecule has 3 heteroatoms. The summed E-state index contributed by atoms with van der Waals surface area (Å²) >= 11 is 0. The van der Waals surface area contributed by atoms with Crippen molar-refractivity contribution >= 4 is 5.97 Å². The predicted molar refractivity (Wildman–Crippen MR) is 57.9 cm³/mol. The van der Waals surface area contributed by atoms with Gasteiger partial charge < -0.3 is 10.4 Å². The second-order valence-corrected chi connectivity index (χ2v) is 4.07. The molecule has 1 aliphatic rings. The van der Waals surface area contributed by atoms with Crippen LogP contribution in [0, 0.1) is 6.92 Å². The molecule has 1 aliphatic carbocycles. The summed E-state index contributed by atoms with van der Waals surface area (Å²) in [5.74, 6) is -0.795. The zero-order chi connectivity index (χ0) is 10.8. The van der Waals surface area contributed by atoms with Crippen LogP contribution in [0.5, 0.6) is 0 Å². The lowest BCUT2D eigenvalue weighted by Crippen LogP contribution is -2.26. The van der Waals surface area contributed by atoms with Crippen LogP contribution in [0.1, 0.15) is 29.2 Å². The summed E-state index contributed by atoms with van der Waals surface area (Å²) in [7, 11) is 0. The molecule has 0 bridgehead atoms. The Morgan fingerprint density at radius 1 is 1.60 bits per heavy atom. The summed E-state index contributed by atoms with van der Waals surface area (Å²) in [5, 5.41) is 11.7. The van der Waals surface area contributed by atoms with Gasteiger partial charge in [0.05, 0.1) is 6.54 Å². The van der Waals surface area contributed by atoms with Crippen LogP contribution in [-0.4, -0.2) is 17.6 Å². The van der Waals surface area contributed by atoms with Crippen LogP contribution in [-0.2, 0) is 11.2 Å². The Morgan fingerprint density at radius 2 is 2.40 bits per heavy atom. The van der Waals surface area contributed by atoms with E-state index in [1.807, 2.05) is 0 Å². The van der Waals surface area contributed by atoms with Gasteiger partial charge in [-0.2, -0.15) is 0 Å². The number of hydrogen-bond acceptors (Lipinski definition) is 2. The molecule has 0 heterocycles. The number of rotatable bonds is 3. The van der Waals surface area contributed by atoms with Gasteiger partial charge in [-0.05, 0) is 30.9 Å². The third kappa shape index (κ3) is 2.18. The second kappa shape index (κ2) is 4.03. The van der Waals surface area contributed by atoms with E-state index in [1.165, 1.54) is 16.7 Å². The molecule has 1 aromatic rings. The maximum atomic E-state index is 10.5. The van der Waals surface area contributed by atoms with E-state index in [1.54, 1.807) is 0 Å². The van der Waals surface area contributed by atoms with Crippen molar-refractivity contribution in [2.24, 2.45) is 0 Å². The molecule has 0 amide bonds. The van der Waals surface area contributed by atoms with Gasteiger partial charge in [0.1, 0.15) is 0 Å². The molecule has 2 rings (SSSR count). The van der Waals surface area contributed by atoms with Crippen LogP contribution >= 0.6 is 0 Å². The van der Waals surface area contributed by atoms with Crippen LogP contribution in [0.2, 0.25) is 0 Å². The van der Waals surface area contributed by atoms with Crippen molar-refractivity contribution in [2.75, 3.05) is 6.54 Å². The van der Waals surface area contributed by atoms with Crippen molar-refractivity contribution in [1.29, 1.82) is 0 Å². The fourth-order valence-corrected chi connectivity index (χ4v) is 2.14. The molecular weight excluding hydrogens is 190 g/mol. The minimum atomic E-state index is -0.795. The molecule has 1 unspecified atom stereocenters. The van der Waals surface area contributed by atoms with E-state index in [0.29, 0.717) is 0 Å². The Kier molecular flexibility index (Phi) is 2.73. The number of benzene rings is 1. The maximum Gasteiger partial charge on any atom is 0.317 e. The number of fused-ring (bicyclic) bond motifs is 1. The number of aliphatic carboxylic acids is 1.